The number of rotatable bonds is 2. The van der Waals surface area contributed by atoms with Gasteiger partial charge in [-0.05, 0) is 31.9 Å². The zero-order valence-corrected chi connectivity index (χ0v) is 13.7. The van der Waals surface area contributed by atoms with E-state index in [1.165, 1.54) is 12.8 Å². The van der Waals surface area contributed by atoms with E-state index >= 15 is 0 Å². The highest BCUT2D eigenvalue weighted by atomic mass is 32.1. The van der Waals surface area contributed by atoms with Crippen LogP contribution in [0.2, 0.25) is 0 Å². The van der Waals surface area contributed by atoms with Crippen molar-refractivity contribution in [3.63, 3.8) is 0 Å². The molecular formula is C16H18N4O2S. The minimum atomic E-state index is -0.0549. The minimum Gasteiger partial charge on any atom is -0.489 e. The smallest absolute Gasteiger partial charge is 0.324 e. The van der Waals surface area contributed by atoms with Crippen molar-refractivity contribution < 1.29 is 9.53 Å². The van der Waals surface area contributed by atoms with Crippen molar-refractivity contribution in [3.8, 4) is 5.75 Å². The Morgan fingerprint density at radius 1 is 1.39 bits per heavy atom. The summed E-state index contributed by atoms with van der Waals surface area (Å²) in [5.41, 5.74) is 2.09. The fraction of sp³-hybridized carbons (Fsp3) is 0.500. The van der Waals surface area contributed by atoms with Gasteiger partial charge < -0.3 is 15.0 Å². The normalized spacial score (nSPS) is 23.9. The van der Waals surface area contributed by atoms with Gasteiger partial charge in [0.1, 0.15) is 23.6 Å². The van der Waals surface area contributed by atoms with Gasteiger partial charge in [-0.1, -0.05) is 11.3 Å². The third kappa shape index (κ3) is 1.99. The second-order valence-corrected chi connectivity index (χ2v) is 7.44. The fourth-order valence-corrected chi connectivity index (χ4v) is 4.52. The number of carbonyl (C=O) groups is 1. The average molecular weight is 330 g/mol. The number of amides is 2. The van der Waals surface area contributed by atoms with Crippen LogP contribution in [0.5, 0.6) is 5.75 Å². The second kappa shape index (κ2) is 4.74. The molecule has 1 saturated carbocycles. The Morgan fingerprint density at radius 3 is 3.00 bits per heavy atom. The number of aromatic nitrogens is 1. The monoisotopic (exact) mass is 330 g/mol. The Labute approximate surface area is 138 Å². The molecule has 2 amide bonds. The maximum Gasteiger partial charge on any atom is 0.324 e. The van der Waals surface area contributed by atoms with Gasteiger partial charge in [0.25, 0.3) is 0 Å². The van der Waals surface area contributed by atoms with Gasteiger partial charge in [0, 0.05) is 12.6 Å². The van der Waals surface area contributed by atoms with Gasteiger partial charge in [-0.15, -0.1) is 0 Å². The summed E-state index contributed by atoms with van der Waals surface area (Å²) in [6.07, 6.45) is 2.50. The Morgan fingerprint density at radius 2 is 2.26 bits per heavy atom. The van der Waals surface area contributed by atoms with E-state index < -0.39 is 0 Å². The predicted molar refractivity (Wildman–Crippen MR) is 90.8 cm³/mol. The minimum absolute atomic E-state index is 0.0549. The van der Waals surface area contributed by atoms with Gasteiger partial charge in [0.05, 0.1) is 17.3 Å². The maximum atomic E-state index is 12.1. The molecule has 2 aromatic rings. The predicted octanol–water partition coefficient (Wildman–Crippen LogP) is 2.58. The molecule has 1 aromatic heterocycles. The summed E-state index contributed by atoms with van der Waals surface area (Å²) in [5.74, 6) is 0.923. The highest BCUT2D eigenvalue weighted by Gasteiger charge is 2.36. The number of carbonyl (C=O) groups excluding carboxylic acids is 1. The van der Waals surface area contributed by atoms with Crippen LogP contribution >= 0.6 is 11.3 Å². The first-order chi connectivity index (χ1) is 11.2. The summed E-state index contributed by atoms with van der Waals surface area (Å²) in [6.45, 7) is 4.37. The van der Waals surface area contributed by atoms with E-state index in [0.29, 0.717) is 12.6 Å². The van der Waals surface area contributed by atoms with E-state index in [0.717, 1.165) is 39.9 Å². The molecule has 3 heterocycles. The summed E-state index contributed by atoms with van der Waals surface area (Å²) < 4.78 is 6.96. The first-order valence-corrected chi connectivity index (χ1v) is 8.94. The lowest BCUT2D eigenvalue weighted by molar-refractivity contribution is 0.252. The number of nitrogens with one attached hydrogen (secondary N) is 1. The second-order valence-electron chi connectivity index (χ2n) is 6.43. The van der Waals surface area contributed by atoms with Gasteiger partial charge >= 0.3 is 6.03 Å². The molecule has 23 heavy (non-hydrogen) atoms. The van der Waals surface area contributed by atoms with Crippen LogP contribution in [0.15, 0.2) is 12.1 Å². The first-order valence-electron chi connectivity index (χ1n) is 8.12. The van der Waals surface area contributed by atoms with Crippen molar-refractivity contribution in [2.24, 2.45) is 0 Å². The van der Waals surface area contributed by atoms with Crippen LogP contribution in [-0.2, 0) is 0 Å². The van der Waals surface area contributed by atoms with Gasteiger partial charge in [-0.2, -0.15) is 0 Å². The standard InChI is InChI=1S/C16H18N4O2S/c1-9-8-17-15(21)20(9)16-18-13-12(23-16)5-4-11-14(13)19(6-7-22-11)10-2-3-10/h4-5,9-10H,2-3,6-8H2,1H3,(H,17,21). The van der Waals surface area contributed by atoms with Crippen LogP contribution in [0.1, 0.15) is 19.8 Å². The summed E-state index contributed by atoms with van der Waals surface area (Å²) >= 11 is 1.58. The van der Waals surface area contributed by atoms with Crippen LogP contribution in [0.4, 0.5) is 15.6 Å². The lowest BCUT2D eigenvalue weighted by Crippen LogP contribution is -2.34. The van der Waals surface area contributed by atoms with Crippen LogP contribution in [0.3, 0.4) is 0 Å². The molecule has 1 unspecified atom stereocenters. The Hall–Kier alpha value is -2.02. The highest BCUT2D eigenvalue weighted by molar-refractivity contribution is 7.22. The number of nitrogens with zero attached hydrogens (tertiary/aromatic N) is 3. The van der Waals surface area contributed by atoms with Crippen molar-refractivity contribution >= 4 is 38.4 Å². The molecule has 1 aliphatic carbocycles. The lowest BCUT2D eigenvalue weighted by atomic mass is 10.2. The number of ether oxygens (including phenoxy) is 1. The SMILES string of the molecule is CC1CNC(=O)N1c1nc2c3c(ccc2s1)OCCN3C1CC1. The topological polar surface area (TPSA) is 57.7 Å². The molecule has 7 heteroatoms. The molecule has 3 aliphatic rings. The molecule has 1 saturated heterocycles. The summed E-state index contributed by atoms with van der Waals surface area (Å²) in [7, 11) is 0. The molecule has 1 aromatic carbocycles. The molecule has 6 nitrogen and oxygen atoms in total. The highest BCUT2D eigenvalue weighted by Crippen LogP contribution is 2.46. The van der Waals surface area contributed by atoms with Crippen molar-refractivity contribution in [2.75, 3.05) is 29.5 Å². The zero-order chi connectivity index (χ0) is 15.6. The molecule has 120 valence electrons. The van der Waals surface area contributed by atoms with Crippen molar-refractivity contribution in [1.29, 1.82) is 0 Å². The Kier molecular flexibility index (Phi) is 2.76. The molecule has 0 spiro atoms. The van der Waals surface area contributed by atoms with E-state index in [1.807, 2.05) is 13.0 Å². The number of hydrogen-bond acceptors (Lipinski definition) is 5. The molecule has 1 atom stereocenters. The number of fused-ring (bicyclic) bond motifs is 3. The Bertz CT molecular complexity index is 801. The third-order valence-electron chi connectivity index (χ3n) is 4.76. The molecular weight excluding hydrogens is 312 g/mol. The maximum absolute atomic E-state index is 12.1. The van der Waals surface area contributed by atoms with E-state index in [9.17, 15) is 4.79 Å². The van der Waals surface area contributed by atoms with E-state index in [1.54, 1.807) is 16.2 Å². The molecule has 2 aliphatic heterocycles. The lowest BCUT2D eigenvalue weighted by Gasteiger charge is -2.31. The van der Waals surface area contributed by atoms with E-state index in [4.69, 9.17) is 9.72 Å². The van der Waals surface area contributed by atoms with Crippen LogP contribution in [-0.4, -0.2) is 42.8 Å². The number of benzene rings is 1. The van der Waals surface area contributed by atoms with Crippen LogP contribution in [0.25, 0.3) is 10.2 Å². The van der Waals surface area contributed by atoms with E-state index in [-0.39, 0.29) is 12.1 Å². The van der Waals surface area contributed by atoms with Gasteiger partial charge in [0.15, 0.2) is 5.13 Å². The summed E-state index contributed by atoms with van der Waals surface area (Å²) in [6, 6.07) is 4.81. The van der Waals surface area contributed by atoms with E-state index in [2.05, 4.69) is 16.3 Å². The summed E-state index contributed by atoms with van der Waals surface area (Å²) in [5, 5.41) is 3.66. The van der Waals surface area contributed by atoms with Crippen LogP contribution < -0.4 is 19.9 Å². The zero-order valence-electron chi connectivity index (χ0n) is 12.9. The molecule has 0 bridgehead atoms. The molecule has 5 rings (SSSR count). The molecule has 2 fully saturated rings. The third-order valence-corrected chi connectivity index (χ3v) is 5.78. The average Bonchev–Trinajstić information content (AvgIpc) is 3.23. The number of urea groups is 1. The first kappa shape index (κ1) is 13.4. The number of thiazole rings is 1. The molecule has 0 radical (unpaired) electrons. The van der Waals surface area contributed by atoms with Crippen molar-refractivity contribution in [2.45, 2.75) is 31.8 Å². The van der Waals surface area contributed by atoms with Crippen molar-refractivity contribution in [1.82, 2.24) is 10.3 Å². The quantitative estimate of drug-likeness (QED) is 0.919. The summed E-state index contributed by atoms with van der Waals surface area (Å²) in [4.78, 5) is 21.1. The van der Waals surface area contributed by atoms with Crippen molar-refractivity contribution in [3.05, 3.63) is 12.1 Å². The number of anilines is 2. The fourth-order valence-electron chi connectivity index (χ4n) is 3.45. The largest absolute Gasteiger partial charge is 0.489 e. The van der Waals surface area contributed by atoms with Crippen LogP contribution in [0, 0.1) is 0 Å². The molecule has 1 N–H and O–H groups in total. The van der Waals surface area contributed by atoms with Gasteiger partial charge in [-0.25, -0.2) is 9.78 Å². The Balaban J connectivity index is 1.65. The number of hydrogen-bond donors (Lipinski definition) is 1. The van der Waals surface area contributed by atoms with Gasteiger partial charge in [0.2, 0.25) is 0 Å². The van der Waals surface area contributed by atoms with Gasteiger partial charge in [-0.3, -0.25) is 4.90 Å².